The number of aliphatic imine (C=N–C) groups is 1. The molecule has 1 rings (SSSR count). The number of amides is 1. The van der Waals surface area contributed by atoms with E-state index < -0.39 is 0 Å². The molecule has 0 radical (unpaired) electrons. The Hall–Kier alpha value is -0.700. The number of carbonyl (C=O) groups excluding carboxylic acids is 1. The lowest BCUT2D eigenvalue weighted by molar-refractivity contribution is -0.118. The van der Waals surface area contributed by atoms with Crippen molar-refractivity contribution in [1.29, 1.82) is 0 Å². The number of hydrogen-bond acceptors (Lipinski definition) is 2. The molecule has 0 atom stereocenters. The van der Waals surface area contributed by atoms with Gasteiger partial charge in [0.05, 0.1) is 19.6 Å². The Morgan fingerprint density at radius 1 is 1.75 bits per heavy atom. The number of ether oxygens (including phenoxy) is 1. The van der Waals surface area contributed by atoms with Crippen molar-refractivity contribution in [3.63, 3.8) is 0 Å². The van der Waals surface area contributed by atoms with Crippen LogP contribution in [0.25, 0.3) is 0 Å². The molecule has 0 saturated heterocycles. The maximum Gasteiger partial charge on any atom is 0.247 e. The molecular formula is C5H7NO2. The first kappa shape index (κ1) is 5.44. The average molecular weight is 113 g/mol. The Morgan fingerprint density at radius 3 is 3.50 bits per heavy atom. The largest absolute Gasteiger partial charge is 0.375 e. The SMILES string of the molecule is O=C1CCOCC=N1. The summed E-state index contributed by atoms with van der Waals surface area (Å²) in [6.07, 6.45) is 1.92. The van der Waals surface area contributed by atoms with E-state index in [1.165, 1.54) is 6.21 Å². The van der Waals surface area contributed by atoms with Crippen LogP contribution in [0.5, 0.6) is 0 Å². The van der Waals surface area contributed by atoms with Crippen molar-refractivity contribution >= 4 is 12.1 Å². The number of nitrogens with zero attached hydrogens (tertiary/aromatic N) is 1. The van der Waals surface area contributed by atoms with Crippen LogP contribution in [0.2, 0.25) is 0 Å². The van der Waals surface area contributed by atoms with E-state index in [0.717, 1.165) is 0 Å². The highest BCUT2D eigenvalue weighted by Gasteiger charge is 1.99. The summed E-state index contributed by atoms with van der Waals surface area (Å²) in [5.41, 5.74) is 0. The lowest BCUT2D eigenvalue weighted by atomic mass is 10.4. The summed E-state index contributed by atoms with van der Waals surface area (Å²) in [5, 5.41) is 0. The van der Waals surface area contributed by atoms with Gasteiger partial charge in [-0.2, -0.15) is 0 Å². The quantitative estimate of drug-likeness (QED) is 0.443. The molecule has 1 aliphatic heterocycles. The maximum atomic E-state index is 10.4. The summed E-state index contributed by atoms with van der Waals surface area (Å²) < 4.78 is 4.89. The lowest BCUT2D eigenvalue weighted by Crippen LogP contribution is -1.96. The van der Waals surface area contributed by atoms with E-state index in [1.54, 1.807) is 0 Å². The zero-order valence-corrected chi connectivity index (χ0v) is 4.46. The van der Waals surface area contributed by atoms with E-state index in [4.69, 9.17) is 4.74 Å². The molecule has 8 heavy (non-hydrogen) atoms. The van der Waals surface area contributed by atoms with E-state index in [0.29, 0.717) is 19.6 Å². The van der Waals surface area contributed by atoms with Crippen molar-refractivity contribution < 1.29 is 9.53 Å². The van der Waals surface area contributed by atoms with Crippen molar-refractivity contribution in [3.05, 3.63) is 0 Å². The zero-order valence-electron chi connectivity index (χ0n) is 4.46. The highest BCUT2D eigenvalue weighted by atomic mass is 16.5. The van der Waals surface area contributed by atoms with Crippen LogP contribution in [-0.2, 0) is 9.53 Å². The van der Waals surface area contributed by atoms with Gasteiger partial charge in [0.2, 0.25) is 5.91 Å². The molecule has 0 aromatic carbocycles. The first-order valence-corrected chi connectivity index (χ1v) is 2.53. The van der Waals surface area contributed by atoms with E-state index in [-0.39, 0.29) is 5.91 Å². The van der Waals surface area contributed by atoms with Crippen LogP contribution in [0.1, 0.15) is 6.42 Å². The van der Waals surface area contributed by atoms with Crippen LogP contribution in [0.4, 0.5) is 0 Å². The smallest absolute Gasteiger partial charge is 0.247 e. The van der Waals surface area contributed by atoms with Gasteiger partial charge in [0, 0.05) is 6.21 Å². The van der Waals surface area contributed by atoms with Crippen molar-refractivity contribution in [2.75, 3.05) is 13.2 Å². The lowest BCUT2D eigenvalue weighted by Gasteiger charge is -1.89. The Balaban J connectivity index is 2.44. The minimum Gasteiger partial charge on any atom is -0.375 e. The Bertz CT molecular complexity index is 120. The van der Waals surface area contributed by atoms with Crippen LogP contribution in [-0.4, -0.2) is 25.3 Å². The van der Waals surface area contributed by atoms with Gasteiger partial charge in [-0.3, -0.25) is 4.79 Å². The fourth-order valence-electron chi connectivity index (χ4n) is 0.499. The minimum atomic E-state index is -0.0810. The summed E-state index contributed by atoms with van der Waals surface area (Å²) in [4.78, 5) is 13.9. The van der Waals surface area contributed by atoms with Gasteiger partial charge in [0.25, 0.3) is 0 Å². The normalized spacial score (nSPS) is 20.8. The van der Waals surface area contributed by atoms with Crippen molar-refractivity contribution in [1.82, 2.24) is 0 Å². The summed E-state index contributed by atoms with van der Waals surface area (Å²) >= 11 is 0. The van der Waals surface area contributed by atoms with Gasteiger partial charge in [-0.05, 0) is 0 Å². The van der Waals surface area contributed by atoms with Gasteiger partial charge in [-0.1, -0.05) is 0 Å². The summed E-state index contributed by atoms with van der Waals surface area (Å²) in [7, 11) is 0. The van der Waals surface area contributed by atoms with Gasteiger partial charge in [0.1, 0.15) is 0 Å². The average Bonchev–Trinajstić information content (AvgIpc) is 1.94. The molecule has 3 nitrogen and oxygen atoms in total. The third-order valence-electron chi connectivity index (χ3n) is 0.888. The summed E-state index contributed by atoms with van der Waals surface area (Å²) in [6, 6.07) is 0. The Labute approximate surface area is 47.4 Å². The van der Waals surface area contributed by atoms with Crippen molar-refractivity contribution in [2.45, 2.75) is 6.42 Å². The second kappa shape index (κ2) is 2.57. The second-order valence-electron chi connectivity index (χ2n) is 1.53. The molecule has 0 aromatic heterocycles. The molecule has 1 heterocycles. The predicted octanol–water partition coefficient (Wildman–Crippen LogP) is 0.00410. The molecule has 1 amide bonds. The predicted molar refractivity (Wildman–Crippen MR) is 28.9 cm³/mol. The fourth-order valence-corrected chi connectivity index (χ4v) is 0.499. The second-order valence-corrected chi connectivity index (χ2v) is 1.53. The van der Waals surface area contributed by atoms with Crippen LogP contribution in [0.3, 0.4) is 0 Å². The summed E-state index contributed by atoms with van der Waals surface area (Å²) in [6.45, 7) is 0.991. The first-order chi connectivity index (χ1) is 3.89. The highest BCUT2D eigenvalue weighted by Crippen LogP contribution is 1.89. The van der Waals surface area contributed by atoms with Gasteiger partial charge in [-0.15, -0.1) is 0 Å². The minimum absolute atomic E-state index is 0.0810. The first-order valence-electron chi connectivity index (χ1n) is 2.53. The third kappa shape index (κ3) is 1.42. The van der Waals surface area contributed by atoms with Gasteiger partial charge < -0.3 is 4.74 Å². The molecule has 0 aromatic rings. The van der Waals surface area contributed by atoms with E-state index in [9.17, 15) is 4.79 Å². The summed E-state index contributed by atoms with van der Waals surface area (Å²) in [5.74, 6) is -0.0810. The standard InChI is InChI=1S/C5H7NO2/c7-5-1-3-8-4-2-6-5/h2H,1,3-4H2. The number of carbonyl (C=O) groups is 1. The monoisotopic (exact) mass is 113 g/mol. The number of hydrogen-bond donors (Lipinski definition) is 0. The molecule has 0 spiro atoms. The maximum absolute atomic E-state index is 10.4. The fraction of sp³-hybridized carbons (Fsp3) is 0.600. The van der Waals surface area contributed by atoms with Gasteiger partial charge in [-0.25, -0.2) is 4.99 Å². The topological polar surface area (TPSA) is 38.7 Å². The molecule has 0 saturated carbocycles. The van der Waals surface area contributed by atoms with Crippen LogP contribution >= 0.6 is 0 Å². The molecular weight excluding hydrogens is 106 g/mol. The molecule has 44 valence electrons. The van der Waals surface area contributed by atoms with Gasteiger partial charge in [0.15, 0.2) is 0 Å². The zero-order chi connectivity index (χ0) is 5.82. The van der Waals surface area contributed by atoms with Crippen molar-refractivity contribution in [3.8, 4) is 0 Å². The molecule has 0 bridgehead atoms. The molecule has 3 heteroatoms. The van der Waals surface area contributed by atoms with Gasteiger partial charge >= 0.3 is 0 Å². The van der Waals surface area contributed by atoms with E-state index in [1.807, 2.05) is 0 Å². The van der Waals surface area contributed by atoms with E-state index >= 15 is 0 Å². The molecule has 0 N–H and O–H groups in total. The number of rotatable bonds is 0. The van der Waals surface area contributed by atoms with Crippen LogP contribution < -0.4 is 0 Å². The molecule has 0 aliphatic carbocycles. The van der Waals surface area contributed by atoms with E-state index in [2.05, 4.69) is 4.99 Å². The highest BCUT2D eigenvalue weighted by molar-refractivity contribution is 5.85. The van der Waals surface area contributed by atoms with Crippen LogP contribution in [0.15, 0.2) is 4.99 Å². The third-order valence-corrected chi connectivity index (χ3v) is 0.888. The molecule has 0 fully saturated rings. The molecule has 1 aliphatic rings. The molecule has 0 unspecified atom stereocenters. The Kier molecular flexibility index (Phi) is 1.75. The van der Waals surface area contributed by atoms with Crippen LogP contribution in [0, 0.1) is 0 Å². The Morgan fingerprint density at radius 2 is 2.62 bits per heavy atom. The van der Waals surface area contributed by atoms with Crippen molar-refractivity contribution in [2.24, 2.45) is 4.99 Å².